The van der Waals surface area contributed by atoms with Gasteiger partial charge in [0.1, 0.15) is 0 Å². The van der Waals surface area contributed by atoms with Crippen LogP contribution in [0, 0.1) is 13.8 Å². The van der Waals surface area contributed by atoms with E-state index in [2.05, 4.69) is 25.0 Å². The zero-order valence-electron chi connectivity index (χ0n) is 20.0. The van der Waals surface area contributed by atoms with Crippen molar-refractivity contribution in [2.24, 2.45) is 0 Å². The summed E-state index contributed by atoms with van der Waals surface area (Å²) in [6, 6.07) is 14.7. The molecule has 176 valence electrons. The minimum absolute atomic E-state index is 0.178. The predicted octanol–water partition coefficient (Wildman–Crippen LogP) is 5.37. The molecule has 8 heteroatoms. The number of amides is 1. The van der Waals surface area contributed by atoms with Crippen molar-refractivity contribution in [2.75, 3.05) is 18.6 Å². The Morgan fingerprint density at radius 2 is 1.79 bits per heavy atom. The highest BCUT2D eigenvalue weighted by atomic mass is 32.1. The first-order valence-corrected chi connectivity index (χ1v) is 12.0. The van der Waals surface area contributed by atoms with Crippen molar-refractivity contribution in [3.63, 3.8) is 0 Å². The fourth-order valence-corrected chi connectivity index (χ4v) is 4.97. The van der Waals surface area contributed by atoms with Gasteiger partial charge in [0, 0.05) is 17.8 Å². The number of esters is 1. The normalized spacial score (nSPS) is 11.2. The molecule has 0 radical (unpaired) electrons. The molecule has 0 N–H and O–H groups in total. The second-order valence-electron chi connectivity index (χ2n) is 8.52. The second-order valence-corrected chi connectivity index (χ2v) is 9.53. The van der Waals surface area contributed by atoms with E-state index in [-0.39, 0.29) is 5.91 Å². The molecule has 2 aromatic heterocycles. The number of para-hydroxylation sites is 1. The summed E-state index contributed by atoms with van der Waals surface area (Å²) in [5, 5.41) is 5.18. The van der Waals surface area contributed by atoms with Crippen LogP contribution in [0.3, 0.4) is 0 Å². The molecular weight excluding hydrogens is 448 g/mol. The number of carbonyl (C=O) groups is 2. The Labute approximate surface area is 203 Å². The van der Waals surface area contributed by atoms with Crippen LogP contribution in [0.15, 0.2) is 48.5 Å². The minimum atomic E-state index is -0.437. The number of methoxy groups -OCH3 is 1. The molecule has 4 aromatic rings. The van der Waals surface area contributed by atoms with Gasteiger partial charge >= 0.3 is 5.97 Å². The van der Waals surface area contributed by atoms with E-state index in [1.54, 1.807) is 29.2 Å². The van der Waals surface area contributed by atoms with Gasteiger partial charge in [-0.2, -0.15) is 5.10 Å². The lowest BCUT2D eigenvalue weighted by atomic mass is 10.0. The minimum Gasteiger partial charge on any atom is -0.465 e. The van der Waals surface area contributed by atoms with Gasteiger partial charge in [-0.15, -0.1) is 0 Å². The summed E-state index contributed by atoms with van der Waals surface area (Å²) in [5.41, 5.74) is 4.95. The van der Waals surface area contributed by atoms with Crippen molar-refractivity contribution >= 4 is 38.6 Å². The maximum Gasteiger partial charge on any atom is 0.337 e. The van der Waals surface area contributed by atoms with Gasteiger partial charge in [-0.25, -0.2) is 9.78 Å². The monoisotopic (exact) mass is 476 g/mol. The summed E-state index contributed by atoms with van der Waals surface area (Å²) in [6.45, 7) is 9.19. The molecular formula is C26H28N4O3S. The number of anilines is 1. The topological polar surface area (TPSA) is 77.3 Å². The number of benzene rings is 2. The largest absolute Gasteiger partial charge is 0.465 e. The first kappa shape index (κ1) is 23.6. The highest BCUT2D eigenvalue weighted by Gasteiger charge is 2.23. The molecule has 1 amide bonds. The predicted molar refractivity (Wildman–Crippen MR) is 135 cm³/mol. The number of thiazole rings is 1. The molecule has 34 heavy (non-hydrogen) atoms. The number of aromatic nitrogens is 3. The van der Waals surface area contributed by atoms with E-state index < -0.39 is 5.97 Å². The first-order valence-electron chi connectivity index (χ1n) is 11.2. The average Bonchev–Trinajstić information content (AvgIpc) is 3.40. The van der Waals surface area contributed by atoms with Crippen molar-refractivity contribution in [3.05, 3.63) is 76.6 Å². The van der Waals surface area contributed by atoms with E-state index in [9.17, 15) is 9.59 Å². The van der Waals surface area contributed by atoms with Crippen LogP contribution >= 0.6 is 11.3 Å². The molecule has 0 saturated heterocycles. The van der Waals surface area contributed by atoms with Crippen LogP contribution in [0.2, 0.25) is 0 Å². The van der Waals surface area contributed by atoms with E-state index in [0.717, 1.165) is 27.2 Å². The lowest BCUT2D eigenvalue weighted by Gasteiger charge is -2.20. The molecule has 0 bridgehead atoms. The van der Waals surface area contributed by atoms with E-state index in [1.165, 1.54) is 18.4 Å². The number of rotatable bonds is 7. The van der Waals surface area contributed by atoms with Crippen LogP contribution in [0.5, 0.6) is 0 Å². The number of aryl methyl sites for hydroxylation is 2. The molecule has 0 saturated carbocycles. The van der Waals surface area contributed by atoms with Crippen LogP contribution in [0.1, 0.15) is 57.4 Å². The lowest BCUT2D eigenvalue weighted by Crippen LogP contribution is -2.34. The first-order chi connectivity index (χ1) is 16.3. The summed E-state index contributed by atoms with van der Waals surface area (Å²) in [7, 11) is 1.33. The molecule has 7 nitrogen and oxygen atoms in total. The number of carbonyl (C=O) groups excluding carboxylic acids is 2. The summed E-state index contributed by atoms with van der Waals surface area (Å²) < 4.78 is 7.72. The van der Waals surface area contributed by atoms with Gasteiger partial charge in [-0.1, -0.05) is 37.3 Å². The molecule has 0 aliphatic rings. The zero-order chi connectivity index (χ0) is 24.4. The number of fused-ring (bicyclic) bond motifs is 1. The van der Waals surface area contributed by atoms with Crippen LogP contribution < -0.4 is 4.90 Å². The number of hydrogen-bond acceptors (Lipinski definition) is 6. The standard InChI is InChI=1S/C26H28N4O3S/c1-16(2)21-7-6-8-22-23(21)27-26(34-22)29(13-14-30-18(4)15-17(3)28-30)24(31)19-9-11-20(12-10-19)25(32)33-5/h6-12,15-16H,13-14H2,1-5H3. The van der Waals surface area contributed by atoms with Gasteiger partial charge in [0.25, 0.3) is 5.91 Å². The van der Waals surface area contributed by atoms with Crippen LogP contribution in [-0.4, -0.2) is 40.3 Å². The zero-order valence-corrected chi connectivity index (χ0v) is 20.8. The van der Waals surface area contributed by atoms with Crippen LogP contribution in [-0.2, 0) is 11.3 Å². The van der Waals surface area contributed by atoms with E-state index in [1.807, 2.05) is 36.7 Å². The van der Waals surface area contributed by atoms with Gasteiger partial charge in [0.05, 0.1) is 35.1 Å². The van der Waals surface area contributed by atoms with Crippen molar-refractivity contribution in [2.45, 2.75) is 40.2 Å². The Kier molecular flexibility index (Phi) is 6.79. The second kappa shape index (κ2) is 9.77. The van der Waals surface area contributed by atoms with Crippen molar-refractivity contribution < 1.29 is 14.3 Å². The Balaban J connectivity index is 1.71. The van der Waals surface area contributed by atoms with Crippen molar-refractivity contribution in [1.82, 2.24) is 14.8 Å². The smallest absolute Gasteiger partial charge is 0.337 e. The van der Waals surface area contributed by atoms with E-state index >= 15 is 0 Å². The third-order valence-electron chi connectivity index (χ3n) is 5.73. The fourth-order valence-electron chi connectivity index (χ4n) is 3.94. The third kappa shape index (κ3) is 4.72. The van der Waals surface area contributed by atoms with E-state index in [0.29, 0.717) is 35.3 Å². The van der Waals surface area contributed by atoms with Gasteiger partial charge in [0.2, 0.25) is 0 Å². The molecule has 2 heterocycles. The van der Waals surface area contributed by atoms with Gasteiger partial charge in [-0.3, -0.25) is 14.4 Å². The number of ether oxygens (including phenoxy) is 1. The van der Waals surface area contributed by atoms with Gasteiger partial charge < -0.3 is 4.74 Å². The lowest BCUT2D eigenvalue weighted by molar-refractivity contribution is 0.0600. The number of hydrogen-bond donors (Lipinski definition) is 0. The molecule has 0 unspecified atom stereocenters. The van der Waals surface area contributed by atoms with E-state index in [4.69, 9.17) is 9.72 Å². The molecule has 0 aliphatic carbocycles. The average molecular weight is 477 g/mol. The molecule has 2 aromatic carbocycles. The van der Waals surface area contributed by atoms with Gasteiger partial charge in [0.15, 0.2) is 5.13 Å². The summed E-state index contributed by atoms with van der Waals surface area (Å²) >= 11 is 1.51. The molecule has 4 rings (SSSR count). The Bertz CT molecular complexity index is 1340. The fraction of sp³-hybridized carbons (Fsp3) is 0.308. The SMILES string of the molecule is COC(=O)c1ccc(C(=O)N(CCn2nc(C)cc2C)c2nc3c(C(C)C)cccc3s2)cc1. The Morgan fingerprint density at radius 1 is 1.09 bits per heavy atom. The third-order valence-corrected chi connectivity index (χ3v) is 6.77. The van der Waals surface area contributed by atoms with Gasteiger partial charge in [-0.05, 0) is 61.7 Å². The highest BCUT2D eigenvalue weighted by molar-refractivity contribution is 7.22. The van der Waals surface area contributed by atoms with Crippen molar-refractivity contribution in [1.29, 1.82) is 0 Å². The highest BCUT2D eigenvalue weighted by Crippen LogP contribution is 2.34. The Morgan fingerprint density at radius 3 is 2.41 bits per heavy atom. The quantitative estimate of drug-likeness (QED) is 0.335. The number of nitrogens with zero attached hydrogens (tertiary/aromatic N) is 4. The maximum absolute atomic E-state index is 13.6. The molecule has 0 spiro atoms. The van der Waals surface area contributed by atoms with Crippen molar-refractivity contribution in [3.8, 4) is 0 Å². The Hall–Kier alpha value is -3.52. The van der Waals surface area contributed by atoms with Crippen LogP contribution in [0.4, 0.5) is 5.13 Å². The molecule has 0 fully saturated rings. The van der Waals surface area contributed by atoms with Crippen LogP contribution in [0.25, 0.3) is 10.2 Å². The summed E-state index contributed by atoms with van der Waals surface area (Å²) in [5.74, 6) is -0.292. The maximum atomic E-state index is 13.6. The summed E-state index contributed by atoms with van der Waals surface area (Å²) in [4.78, 5) is 32.0. The molecule has 0 aliphatic heterocycles. The molecule has 0 atom stereocenters. The summed E-state index contributed by atoms with van der Waals surface area (Å²) in [6.07, 6.45) is 0.